The molecule has 150 valence electrons. The van der Waals surface area contributed by atoms with Gasteiger partial charge in [-0.1, -0.05) is 48.6 Å². The quantitative estimate of drug-likeness (QED) is 0.375. The van der Waals surface area contributed by atoms with Crippen molar-refractivity contribution in [2.24, 2.45) is 0 Å². The maximum atomic E-state index is 6.01. The summed E-state index contributed by atoms with van der Waals surface area (Å²) in [5.74, 6) is 1.41. The minimum Gasteiger partial charge on any atom is -0.377 e. The first-order valence-corrected chi connectivity index (χ1v) is 11.0. The Morgan fingerprint density at radius 3 is 1.00 bits per heavy atom. The van der Waals surface area contributed by atoms with Gasteiger partial charge < -0.3 is 9.47 Å². The van der Waals surface area contributed by atoms with Crippen molar-refractivity contribution in [3.63, 3.8) is 0 Å². The molecule has 0 radical (unpaired) electrons. The summed E-state index contributed by atoms with van der Waals surface area (Å²) < 4.78 is 12.0. The summed E-state index contributed by atoms with van der Waals surface area (Å²) in [6.45, 7) is 4.51. The molecule has 0 N–H and O–H groups in total. The Kier molecular flexibility index (Phi) is 3.02. The average molecular weight is 395 g/mol. The van der Waals surface area contributed by atoms with Crippen LogP contribution in [0.1, 0.15) is 59.8 Å². The third kappa shape index (κ3) is 1.76. The second-order valence-corrected chi connectivity index (χ2v) is 9.97. The molecule has 0 saturated carbocycles. The highest BCUT2D eigenvalue weighted by Gasteiger charge is 2.53. The summed E-state index contributed by atoms with van der Waals surface area (Å²) in [6.07, 6.45) is 9.35. The Morgan fingerprint density at radius 2 is 0.767 bits per heavy atom. The molecule has 4 aliphatic rings. The largest absolute Gasteiger partial charge is 0.377 e. The van der Waals surface area contributed by atoms with Crippen LogP contribution in [0.25, 0.3) is 21.5 Å². The molecule has 0 amide bonds. The molecule has 4 atom stereocenters. The van der Waals surface area contributed by atoms with E-state index in [2.05, 4.69) is 74.5 Å². The number of hydrogen-bond donors (Lipinski definition) is 0. The zero-order valence-corrected chi connectivity index (χ0v) is 17.9. The zero-order chi connectivity index (χ0) is 20.4. The van der Waals surface area contributed by atoms with E-state index < -0.39 is 0 Å². The molecular weight excluding hydrogens is 368 g/mol. The highest BCUT2D eigenvalue weighted by Crippen LogP contribution is 2.59. The summed E-state index contributed by atoms with van der Waals surface area (Å²) in [4.78, 5) is 0. The van der Waals surface area contributed by atoms with E-state index >= 15 is 0 Å². The molecule has 0 aromatic heterocycles. The highest BCUT2D eigenvalue weighted by atomic mass is 16.5. The fourth-order valence-corrected chi connectivity index (χ4v) is 7.00. The van der Waals surface area contributed by atoms with Gasteiger partial charge in [0.05, 0.1) is 11.2 Å². The summed E-state index contributed by atoms with van der Waals surface area (Å²) >= 11 is 0. The van der Waals surface area contributed by atoms with Crippen molar-refractivity contribution in [2.45, 2.75) is 48.7 Å². The Bertz CT molecular complexity index is 1140. The van der Waals surface area contributed by atoms with Crippen LogP contribution in [0.3, 0.4) is 0 Å². The van der Waals surface area contributed by atoms with Gasteiger partial charge in [-0.15, -0.1) is 0 Å². The van der Waals surface area contributed by atoms with Gasteiger partial charge in [-0.3, -0.25) is 0 Å². The minimum atomic E-state index is -0.143. The van der Waals surface area contributed by atoms with Crippen molar-refractivity contribution >= 4 is 21.5 Å². The van der Waals surface area contributed by atoms with Crippen LogP contribution in [-0.4, -0.2) is 25.4 Å². The zero-order valence-electron chi connectivity index (χ0n) is 17.9. The van der Waals surface area contributed by atoms with Crippen LogP contribution in [0.5, 0.6) is 0 Å². The highest BCUT2D eigenvalue weighted by molar-refractivity contribution is 6.00. The lowest BCUT2D eigenvalue weighted by Gasteiger charge is -2.28. The molecule has 3 aromatic carbocycles. The number of fused-ring (bicyclic) bond motifs is 12. The molecule has 2 nitrogen and oxygen atoms in total. The third-order valence-electron chi connectivity index (χ3n) is 8.88. The standard InChI is InChI=1S/C28H26O2/c1-27(29-3)23-5-6-24(27)20-12-16-10-18-14-22-21(13-17(18)9-15(16)11-19(20)23)25-7-8-26(22)28(25,2)30-4/h5-14,23-26H,1-4H3. The van der Waals surface area contributed by atoms with Crippen LogP contribution in [0, 0.1) is 0 Å². The maximum absolute atomic E-state index is 6.01. The van der Waals surface area contributed by atoms with Gasteiger partial charge in [0, 0.05) is 37.9 Å². The number of ether oxygens (including phenoxy) is 2. The Morgan fingerprint density at radius 1 is 0.500 bits per heavy atom. The number of hydrogen-bond acceptors (Lipinski definition) is 2. The van der Waals surface area contributed by atoms with E-state index in [1.807, 2.05) is 14.2 Å². The summed E-state index contributed by atoms with van der Waals surface area (Å²) in [5.41, 5.74) is 5.47. The van der Waals surface area contributed by atoms with E-state index in [4.69, 9.17) is 9.47 Å². The Labute approximate surface area is 177 Å². The second kappa shape index (κ2) is 5.25. The van der Waals surface area contributed by atoms with Gasteiger partial charge in [-0.2, -0.15) is 0 Å². The topological polar surface area (TPSA) is 18.5 Å². The molecule has 2 heteroatoms. The molecular formula is C28H26O2. The minimum absolute atomic E-state index is 0.143. The smallest absolute Gasteiger partial charge is 0.0856 e. The summed E-state index contributed by atoms with van der Waals surface area (Å²) in [7, 11) is 3.70. The van der Waals surface area contributed by atoms with Crippen LogP contribution in [0.15, 0.2) is 60.7 Å². The van der Waals surface area contributed by atoms with Gasteiger partial charge in [0.2, 0.25) is 0 Å². The first kappa shape index (κ1) is 17.3. The SMILES string of the molecule is COC1(C)C2C=CC1c1cc3cc4cc5c(cc4cc3cc12)C1C=CC5C1(C)OC. The molecule has 7 rings (SSSR count). The van der Waals surface area contributed by atoms with Crippen molar-refractivity contribution in [1.29, 1.82) is 0 Å². The molecule has 4 unspecified atom stereocenters. The molecule has 3 aromatic rings. The first-order valence-electron chi connectivity index (χ1n) is 11.0. The van der Waals surface area contributed by atoms with Crippen LogP contribution in [0.4, 0.5) is 0 Å². The Balaban J connectivity index is 1.44. The van der Waals surface area contributed by atoms with Crippen LogP contribution >= 0.6 is 0 Å². The molecule has 4 aliphatic carbocycles. The normalized spacial score (nSPS) is 36.9. The molecule has 0 heterocycles. The molecule has 0 fully saturated rings. The van der Waals surface area contributed by atoms with Crippen molar-refractivity contribution < 1.29 is 9.47 Å². The summed E-state index contributed by atoms with van der Waals surface area (Å²) in [6, 6.07) is 14.4. The van der Waals surface area contributed by atoms with Crippen molar-refractivity contribution in [3.05, 3.63) is 83.0 Å². The van der Waals surface area contributed by atoms with Gasteiger partial charge in [0.25, 0.3) is 0 Å². The predicted molar refractivity (Wildman–Crippen MR) is 122 cm³/mol. The fraction of sp³-hybridized carbons (Fsp3) is 0.357. The fourth-order valence-electron chi connectivity index (χ4n) is 7.00. The second-order valence-electron chi connectivity index (χ2n) is 9.97. The van der Waals surface area contributed by atoms with Crippen LogP contribution in [-0.2, 0) is 9.47 Å². The van der Waals surface area contributed by atoms with E-state index in [0.717, 1.165) is 0 Å². The van der Waals surface area contributed by atoms with Gasteiger partial charge >= 0.3 is 0 Å². The lowest BCUT2D eigenvalue weighted by molar-refractivity contribution is -0.000514. The molecule has 4 bridgehead atoms. The lowest BCUT2D eigenvalue weighted by atomic mass is 9.89. The molecule has 0 spiro atoms. The van der Waals surface area contributed by atoms with E-state index in [0.29, 0.717) is 23.7 Å². The van der Waals surface area contributed by atoms with E-state index in [1.54, 1.807) is 0 Å². The predicted octanol–water partition coefficient (Wildman–Crippen LogP) is 6.30. The van der Waals surface area contributed by atoms with Gasteiger partial charge in [-0.25, -0.2) is 0 Å². The third-order valence-corrected chi connectivity index (χ3v) is 8.88. The van der Waals surface area contributed by atoms with Crippen LogP contribution < -0.4 is 0 Å². The lowest BCUT2D eigenvalue weighted by Crippen LogP contribution is -2.31. The molecule has 0 saturated heterocycles. The average Bonchev–Trinajstić information content (AvgIpc) is 3.41. The van der Waals surface area contributed by atoms with E-state index in [1.165, 1.54) is 43.8 Å². The van der Waals surface area contributed by atoms with Gasteiger partial charge in [0.1, 0.15) is 0 Å². The van der Waals surface area contributed by atoms with Gasteiger partial charge in [0.15, 0.2) is 0 Å². The monoisotopic (exact) mass is 394 g/mol. The molecule has 30 heavy (non-hydrogen) atoms. The van der Waals surface area contributed by atoms with E-state index in [-0.39, 0.29) is 11.2 Å². The number of methoxy groups -OCH3 is 2. The van der Waals surface area contributed by atoms with Crippen molar-refractivity contribution in [1.82, 2.24) is 0 Å². The molecule has 0 aliphatic heterocycles. The summed E-state index contributed by atoms with van der Waals surface area (Å²) in [5, 5.41) is 5.31. The first-order chi connectivity index (χ1) is 14.5. The van der Waals surface area contributed by atoms with Gasteiger partial charge in [-0.05, 0) is 69.8 Å². The van der Waals surface area contributed by atoms with Crippen molar-refractivity contribution in [2.75, 3.05) is 14.2 Å². The number of rotatable bonds is 2. The van der Waals surface area contributed by atoms with Crippen LogP contribution in [0.2, 0.25) is 0 Å². The number of benzene rings is 3. The van der Waals surface area contributed by atoms with Crippen molar-refractivity contribution in [3.8, 4) is 0 Å². The Hall–Kier alpha value is -2.42. The van der Waals surface area contributed by atoms with E-state index in [9.17, 15) is 0 Å². The maximum Gasteiger partial charge on any atom is 0.0856 e.